The van der Waals surface area contributed by atoms with Crippen LogP contribution in [-0.2, 0) is 0 Å². The fraction of sp³-hybridized carbons (Fsp3) is 0.412. The van der Waals surface area contributed by atoms with E-state index in [1.165, 1.54) is 0 Å². The zero-order valence-corrected chi connectivity index (χ0v) is 13.8. The smallest absolute Gasteiger partial charge is 0.254 e. The van der Waals surface area contributed by atoms with Crippen molar-refractivity contribution in [2.75, 3.05) is 6.54 Å². The van der Waals surface area contributed by atoms with Crippen LogP contribution in [0.4, 0.5) is 0 Å². The van der Waals surface area contributed by atoms with Gasteiger partial charge in [0, 0.05) is 40.8 Å². The van der Waals surface area contributed by atoms with Crippen molar-refractivity contribution in [2.24, 2.45) is 5.73 Å². The lowest BCUT2D eigenvalue weighted by Gasteiger charge is -2.36. The van der Waals surface area contributed by atoms with E-state index in [0.717, 1.165) is 41.2 Å². The van der Waals surface area contributed by atoms with Gasteiger partial charge in [-0.1, -0.05) is 12.1 Å². The third-order valence-electron chi connectivity index (χ3n) is 4.18. The van der Waals surface area contributed by atoms with Crippen molar-refractivity contribution in [2.45, 2.75) is 38.8 Å². The van der Waals surface area contributed by atoms with Crippen LogP contribution >= 0.6 is 11.3 Å². The Morgan fingerprint density at radius 1 is 1.36 bits per heavy atom. The van der Waals surface area contributed by atoms with Gasteiger partial charge in [0.15, 0.2) is 0 Å². The summed E-state index contributed by atoms with van der Waals surface area (Å²) < 4.78 is 0. The molecule has 0 radical (unpaired) electrons. The highest BCUT2D eigenvalue weighted by atomic mass is 32.1. The molecule has 1 aliphatic rings. The summed E-state index contributed by atoms with van der Waals surface area (Å²) in [5.41, 5.74) is 8.79. The molecule has 0 unspecified atom stereocenters. The van der Waals surface area contributed by atoms with E-state index in [2.05, 4.69) is 11.9 Å². The first-order valence-electron chi connectivity index (χ1n) is 7.63. The lowest BCUT2D eigenvalue weighted by atomic mass is 9.98. The molecule has 2 heterocycles. The number of amides is 1. The van der Waals surface area contributed by atoms with Crippen molar-refractivity contribution in [3.05, 3.63) is 40.9 Å². The van der Waals surface area contributed by atoms with Crippen molar-refractivity contribution in [3.63, 3.8) is 0 Å². The number of piperidine rings is 1. The fourth-order valence-electron chi connectivity index (χ4n) is 2.92. The SMILES string of the molecule is Cc1csc(-c2ccc(C(=O)N3CC[C@@H](N)C[C@H]3C)cc2)n1. The predicted molar refractivity (Wildman–Crippen MR) is 90.0 cm³/mol. The average Bonchev–Trinajstić information content (AvgIpc) is 2.93. The molecule has 3 rings (SSSR count). The molecular formula is C17H21N3OS. The van der Waals surface area contributed by atoms with Crippen molar-refractivity contribution < 1.29 is 4.79 Å². The topological polar surface area (TPSA) is 59.2 Å². The molecule has 2 atom stereocenters. The van der Waals surface area contributed by atoms with E-state index in [1.807, 2.05) is 41.5 Å². The van der Waals surface area contributed by atoms with Crippen LogP contribution in [0.25, 0.3) is 10.6 Å². The highest BCUT2D eigenvalue weighted by Crippen LogP contribution is 2.25. The van der Waals surface area contributed by atoms with Gasteiger partial charge in [-0.3, -0.25) is 4.79 Å². The summed E-state index contributed by atoms with van der Waals surface area (Å²) in [5, 5.41) is 3.03. The van der Waals surface area contributed by atoms with E-state index in [4.69, 9.17) is 5.73 Å². The van der Waals surface area contributed by atoms with E-state index < -0.39 is 0 Å². The summed E-state index contributed by atoms with van der Waals surface area (Å²) in [6.45, 7) is 4.80. The van der Waals surface area contributed by atoms with Gasteiger partial charge in [-0.2, -0.15) is 0 Å². The summed E-state index contributed by atoms with van der Waals surface area (Å²) in [6.07, 6.45) is 1.76. The van der Waals surface area contributed by atoms with Crippen LogP contribution in [0.1, 0.15) is 35.8 Å². The number of carbonyl (C=O) groups excluding carboxylic acids is 1. The number of likely N-dealkylation sites (tertiary alicyclic amines) is 1. The number of benzene rings is 1. The van der Waals surface area contributed by atoms with Gasteiger partial charge in [0.05, 0.1) is 0 Å². The molecule has 4 nitrogen and oxygen atoms in total. The second-order valence-electron chi connectivity index (χ2n) is 6.00. The Morgan fingerprint density at radius 2 is 2.09 bits per heavy atom. The Balaban J connectivity index is 1.76. The van der Waals surface area contributed by atoms with E-state index in [-0.39, 0.29) is 18.0 Å². The van der Waals surface area contributed by atoms with Crippen LogP contribution in [0.3, 0.4) is 0 Å². The molecule has 1 aliphatic heterocycles. The highest BCUT2D eigenvalue weighted by molar-refractivity contribution is 7.13. The maximum Gasteiger partial charge on any atom is 0.254 e. The quantitative estimate of drug-likeness (QED) is 0.926. The summed E-state index contributed by atoms with van der Waals surface area (Å²) in [5.74, 6) is 0.0984. The Bertz CT molecular complexity index is 665. The van der Waals surface area contributed by atoms with E-state index in [1.54, 1.807) is 11.3 Å². The minimum absolute atomic E-state index is 0.0984. The molecule has 1 aromatic carbocycles. The van der Waals surface area contributed by atoms with E-state index in [0.29, 0.717) is 0 Å². The predicted octanol–water partition coefficient (Wildman–Crippen LogP) is 3.07. The number of rotatable bonds is 2. The van der Waals surface area contributed by atoms with Gasteiger partial charge in [-0.25, -0.2) is 4.98 Å². The molecule has 22 heavy (non-hydrogen) atoms. The van der Waals surface area contributed by atoms with Crippen LogP contribution in [-0.4, -0.2) is 34.4 Å². The maximum atomic E-state index is 12.6. The van der Waals surface area contributed by atoms with Crippen LogP contribution in [0.2, 0.25) is 0 Å². The molecule has 1 fully saturated rings. The summed E-state index contributed by atoms with van der Waals surface area (Å²) in [6, 6.07) is 8.18. The van der Waals surface area contributed by atoms with Crippen LogP contribution < -0.4 is 5.73 Å². The Hall–Kier alpha value is -1.72. The monoisotopic (exact) mass is 315 g/mol. The molecule has 0 spiro atoms. The lowest BCUT2D eigenvalue weighted by Crippen LogP contribution is -2.48. The molecule has 0 aliphatic carbocycles. The number of aryl methyl sites for hydroxylation is 1. The number of aromatic nitrogens is 1. The maximum absolute atomic E-state index is 12.6. The van der Waals surface area contributed by atoms with Gasteiger partial charge < -0.3 is 10.6 Å². The molecule has 0 bridgehead atoms. The average molecular weight is 315 g/mol. The number of carbonyl (C=O) groups is 1. The molecular weight excluding hydrogens is 294 g/mol. The number of thiazole rings is 1. The van der Waals surface area contributed by atoms with Gasteiger partial charge in [0.1, 0.15) is 5.01 Å². The van der Waals surface area contributed by atoms with Crippen molar-refractivity contribution in [3.8, 4) is 10.6 Å². The number of nitrogens with two attached hydrogens (primary N) is 1. The lowest BCUT2D eigenvalue weighted by molar-refractivity contribution is 0.0619. The number of hydrogen-bond acceptors (Lipinski definition) is 4. The molecule has 1 aromatic heterocycles. The van der Waals surface area contributed by atoms with Crippen LogP contribution in [0.5, 0.6) is 0 Å². The standard InChI is InChI=1S/C17H21N3OS/c1-11-10-22-16(19-11)13-3-5-14(6-4-13)17(21)20-8-7-15(18)9-12(20)2/h3-6,10,12,15H,7-9,18H2,1-2H3/t12-,15-/m1/s1. The Morgan fingerprint density at radius 3 is 2.68 bits per heavy atom. The third-order valence-corrected chi connectivity index (χ3v) is 5.18. The van der Waals surface area contributed by atoms with Gasteiger partial charge in [-0.05, 0) is 38.8 Å². The fourth-order valence-corrected chi connectivity index (χ4v) is 3.72. The van der Waals surface area contributed by atoms with E-state index in [9.17, 15) is 4.79 Å². The molecule has 1 amide bonds. The summed E-state index contributed by atoms with van der Waals surface area (Å²) in [7, 11) is 0. The number of nitrogens with zero attached hydrogens (tertiary/aromatic N) is 2. The van der Waals surface area contributed by atoms with Gasteiger partial charge in [0.2, 0.25) is 0 Å². The van der Waals surface area contributed by atoms with Crippen molar-refractivity contribution in [1.29, 1.82) is 0 Å². The Kier molecular flexibility index (Phi) is 4.27. The highest BCUT2D eigenvalue weighted by Gasteiger charge is 2.27. The minimum atomic E-state index is 0.0984. The Labute approximate surface area is 135 Å². The van der Waals surface area contributed by atoms with Gasteiger partial charge in [-0.15, -0.1) is 11.3 Å². The van der Waals surface area contributed by atoms with Gasteiger partial charge in [0.25, 0.3) is 5.91 Å². The summed E-state index contributed by atoms with van der Waals surface area (Å²) >= 11 is 1.63. The minimum Gasteiger partial charge on any atom is -0.336 e. The molecule has 116 valence electrons. The van der Waals surface area contributed by atoms with Crippen LogP contribution in [0.15, 0.2) is 29.6 Å². The first-order chi connectivity index (χ1) is 10.5. The summed E-state index contributed by atoms with van der Waals surface area (Å²) in [4.78, 5) is 19.1. The zero-order valence-electron chi connectivity index (χ0n) is 13.0. The molecule has 5 heteroatoms. The van der Waals surface area contributed by atoms with Crippen molar-refractivity contribution in [1.82, 2.24) is 9.88 Å². The molecule has 1 saturated heterocycles. The normalized spacial score (nSPS) is 21.9. The van der Waals surface area contributed by atoms with Gasteiger partial charge >= 0.3 is 0 Å². The molecule has 2 N–H and O–H groups in total. The zero-order chi connectivity index (χ0) is 15.7. The van der Waals surface area contributed by atoms with E-state index >= 15 is 0 Å². The second kappa shape index (κ2) is 6.18. The second-order valence-corrected chi connectivity index (χ2v) is 6.86. The van der Waals surface area contributed by atoms with Crippen molar-refractivity contribution >= 4 is 17.2 Å². The number of hydrogen-bond donors (Lipinski definition) is 1. The molecule has 0 saturated carbocycles. The first-order valence-corrected chi connectivity index (χ1v) is 8.51. The first kappa shape index (κ1) is 15.2. The van der Waals surface area contributed by atoms with Crippen LogP contribution in [0, 0.1) is 6.92 Å². The largest absolute Gasteiger partial charge is 0.336 e. The molecule has 2 aromatic rings. The third kappa shape index (κ3) is 3.05.